The Balaban J connectivity index is 2.86. The van der Waals surface area contributed by atoms with Crippen LogP contribution in [0.15, 0.2) is 23.1 Å². The van der Waals surface area contributed by atoms with E-state index in [1.165, 1.54) is 0 Å². The Labute approximate surface area is 127 Å². The highest BCUT2D eigenvalue weighted by atomic mass is 32.2. The maximum absolute atomic E-state index is 12.4. The van der Waals surface area contributed by atoms with E-state index in [9.17, 15) is 8.42 Å². The lowest BCUT2D eigenvalue weighted by molar-refractivity contribution is 0.413. The molecule has 0 aliphatic heterocycles. The molecule has 0 fully saturated rings. The van der Waals surface area contributed by atoms with Crippen LogP contribution in [0.1, 0.15) is 32.3 Å². The predicted octanol–water partition coefficient (Wildman–Crippen LogP) is 1.91. The Hall–Kier alpha value is -1.11. The highest BCUT2D eigenvalue weighted by Gasteiger charge is 2.18. The summed E-state index contributed by atoms with van der Waals surface area (Å²) in [6.07, 6.45) is 2.33. The van der Waals surface area contributed by atoms with E-state index in [0.29, 0.717) is 41.6 Å². The van der Waals surface area contributed by atoms with Gasteiger partial charge in [0.2, 0.25) is 10.0 Å². The number of benzene rings is 1. The third-order valence-corrected chi connectivity index (χ3v) is 4.78. The molecule has 120 valence electrons. The zero-order valence-electron chi connectivity index (χ0n) is 13.1. The van der Waals surface area contributed by atoms with E-state index in [-0.39, 0.29) is 0 Å². The molecule has 3 N–H and O–H groups in total. The first-order valence-corrected chi connectivity index (χ1v) is 8.75. The van der Waals surface area contributed by atoms with Crippen molar-refractivity contribution < 1.29 is 13.2 Å². The fourth-order valence-corrected chi connectivity index (χ4v) is 3.41. The van der Waals surface area contributed by atoms with Crippen LogP contribution in [0.3, 0.4) is 0 Å². The molecule has 0 saturated heterocycles. The quantitative estimate of drug-likeness (QED) is 0.682. The Morgan fingerprint density at radius 1 is 1.33 bits per heavy atom. The first-order chi connectivity index (χ1) is 9.90. The fraction of sp³-hybridized carbons (Fsp3) is 0.600. The Morgan fingerprint density at radius 3 is 2.62 bits per heavy atom. The van der Waals surface area contributed by atoms with E-state index in [0.717, 1.165) is 12.8 Å². The minimum Gasteiger partial charge on any atom is -0.497 e. The molecule has 21 heavy (non-hydrogen) atoms. The van der Waals surface area contributed by atoms with Crippen LogP contribution in [0.2, 0.25) is 0 Å². The molecule has 1 aromatic carbocycles. The summed E-state index contributed by atoms with van der Waals surface area (Å²) in [5.74, 6) is 1.21. The summed E-state index contributed by atoms with van der Waals surface area (Å²) >= 11 is 0. The molecule has 0 radical (unpaired) electrons. The number of hydrogen-bond donors (Lipinski definition) is 2. The smallest absolute Gasteiger partial charge is 0.240 e. The van der Waals surface area contributed by atoms with Crippen LogP contribution in [0.4, 0.5) is 0 Å². The first kappa shape index (κ1) is 17.9. The lowest BCUT2D eigenvalue weighted by Crippen LogP contribution is -2.26. The van der Waals surface area contributed by atoms with E-state index < -0.39 is 10.0 Å². The van der Waals surface area contributed by atoms with Crippen molar-refractivity contribution in [2.24, 2.45) is 11.7 Å². The summed E-state index contributed by atoms with van der Waals surface area (Å²) in [5, 5.41) is 0. The van der Waals surface area contributed by atoms with Gasteiger partial charge in [0.15, 0.2) is 0 Å². The maximum atomic E-state index is 12.4. The number of hydrogen-bond acceptors (Lipinski definition) is 4. The molecule has 0 atom stereocenters. The van der Waals surface area contributed by atoms with Crippen LogP contribution in [0.25, 0.3) is 0 Å². The van der Waals surface area contributed by atoms with Crippen molar-refractivity contribution in [2.75, 3.05) is 20.2 Å². The molecular weight excluding hydrogens is 288 g/mol. The van der Waals surface area contributed by atoms with Gasteiger partial charge in [-0.2, -0.15) is 0 Å². The molecule has 0 unspecified atom stereocenters. The third kappa shape index (κ3) is 5.65. The topological polar surface area (TPSA) is 81.4 Å². The number of nitrogens with two attached hydrogens (primary N) is 1. The molecular formula is C15H26N2O3S. The van der Waals surface area contributed by atoms with Gasteiger partial charge in [-0.1, -0.05) is 13.8 Å². The normalized spacial score (nSPS) is 11.9. The molecule has 1 rings (SSSR count). The van der Waals surface area contributed by atoms with Crippen LogP contribution in [-0.4, -0.2) is 28.6 Å². The second kappa shape index (κ2) is 8.36. The maximum Gasteiger partial charge on any atom is 0.240 e. The molecule has 0 saturated carbocycles. The molecule has 0 aliphatic rings. The third-order valence-electron chi connectivity index (χ3n) is 3.22. The Bertz CT molecular complexity index is 542. The molecule has 0 amide bonds. The average molecular weight is 314 g/mol. The van der Waals surface area contributed by atoms with Gasteiger partial charge in [0.1, 0.15) is 5.75 Å². The second-order valence-corrected chi connectivity index (χ2v) is 7.18. The number of rotatable bonds is 9. The van der Waals surface area contributed by atoms with Crippen LogP contribution in [-0.2, 0) is 16.4 Å². The minimum atomic E-state index is -3.50. The van der Waals surface area contributed by atoms with E-state index in [2.05, 4.69) is 18.6 Å². The van der Waals surface area contributed by atoms with Gasteiger partial charge in [0.05, 0.1) is 12.0 Å². The van der Waals surface area contributed by atoms with Gasteiger partial charge in [-0.25, -0.2) is 13.1 Å². The van der Waals surface area contributed by atoms with Gasteiger partial charge in [0.25, 0.3) is 0 Å². The number of nitrogens with one attached hydrogen (secondary N) is 1. The lowest BCUT2D eigenvalue weighted by Gasteiger charge is -2.13. The standard InChI is InChI=1S/C15H26N2O3S/c1-12(2)5-4-10-17-21(18,19)15-7-6-14(20-3)11-13(15)8-9-16/h6-7,11-12,17H,4-5,8-10,16H2,1-3H3. The van der Waals surface area contributed by atoms with Crippen LogP contribution in [0.5, 0.6) is 5.75 Å². The zero-order chi connectivity index (χ0) is 15.9. The van der Waals surface area contributed by atoms with Crippen LogP contribution >= 0.6 is 0 Å². The summed E-state index contributed by atoms with van der Waals surface area (Å²) in [6, 6.07) is 4.97. The number of sulfonamides is 1. The Morgan fingerprint density at radius 2 is 2.05 bits per heavy atom. The van der Waals surface area contributed by atoms with E-state index in [1.807, 2.05) is 0 Å². The molecule has 0 aliphatic carbocycles. The monoisotopic (exact) mass is 314 g/mol. The first-order valence-electron chi connectivity index (χ1n) is 7.27. The molecule has 0 bridgehead atoms. The van der Waals surface area contributed by atoms with E-state index >= 15 is 0 Å². The van der Waals surface area contributed by atoms with Crippen molar-refractivity contribution >= 4 is 10.0 Å². The van der Waals surface area contributed by atoms with Crippen molar-refractivity contribution in [3.05, 3.63) is 23.8 Å². The van der Waals surface area contributed by atoms with Crippen molar-refractivity contribution in [3.8, 4) is 5.75 Å². The van der Waals surface area contributed by atoms with Crippen LogP contribution in [0, 0.1) is 5.92 Å². The van der Waals surface area contributed by atoms with E-state index in [4.69, 9.17) is 10.5 Å². The number of methoxy groups -OCH3 is 1. The fourth-order valence-electron chi connectivity index (χ4n) is 2.09. The summed E-state index contributed by atoms with van der Waals surface area (Å²) < 4.78 is 32.6. The van der Waals surface area contributed by atoms with Crippen molar-refractivity contribution in [1.82, 2.24) is 4.72 Å². The zero-order valence-corrected chi connectivity index (χ0v) is 13.9. The Kier molecular flexibility index (Phi) is 7.14. The summed E-state index contributed by atoms with van der Waals surface area (Å²) in [7, 11) is -1.94. The predicted molar refractivity (Wildman–Crippen MR) is 85.0 cm³/mol. The van der Waals surface area contributed by atoms with Gasteiger partial charge < -0.3 is 10.5 Å². The minimum absolute atomic E-state index is 0.290. The molecule has 0 aromatic heterocycles. The molecule has 0 spiro atoms. The van der Waals surface area contributed by atoms with E-state index in [1.54, 1.807) is 25.3 Å². The molecule has 5 nitrogen and oxygen atoms in total. The van der Waals surface area contributed by atoms with Gasteiger partial charge >= 0.3 is 0 Å². The molecule has 1 aromatic rings. The number of ether oxygens (including phenoxy) is 1. The average Bonchev–Trinajstić information content (AvgIpc) is 2.43. The SMILES string of the molecule is COc1ccc(S(=O)(=O)NCCCC(C)C)c(CCN)c1. The van der Waals surface area contributed by atoms with Gasteiger partial charge in [0, 0.05) is 6.54 Å². The summed E-state index contributed by atoms with van der Waals surface area (Å²) in [5.41, 5.74) is 6.25. The summed E-state index contributed by atoms with van der Waals surface area (Å²) in [6.45, 7) is 5.09. The van der Waals surface area contributed by atoms with Crippen molar-refractivity contribution in [3.63, 3.8) is 0 Å². The highest BCUT2D eigenvalue weighted by molar-refractivity contribution is 7.89. The highest BCUT2D eigenvalue weighted by Crippen LogP contribution is 2.22. The molecule has 0 heterocycles. The van der Waals surface area contributed by atoms with Gasteiger partial charge in [-0.05, 0) is 55.5 Å². The van der Waals surface area contributed by atoms with Gasteiger partial charge in [-0.15, -0.1) is 0 Å². The van der Waals surface area contributed by atoms with Crippen molar-refractivity contribution in [1.29, 1.82) is 0 Å². The largest absolute Gasteiger partial charge is 0.497 e. The van der Waals surface area contributed by atoms with Crippen LogP contribution < -0.4 is 15.2 Å². The second-order valence-electron chi connectivity index (χ2n) is 5.45. The van der Waals surface area contributed by atoms with Crippen molar-refractivity contribution in [2.45, 2.75) is 38.0 Å². The lowest BCUT2D eigenvalue weighted by atomic mass is 10.1. The molecule has 6 heteroatoms. The summed E-state index contributed by atoms with van der Waals surface area (Å²) in [4.78, 5) is 0.290. The van der Waals surface area contributed by atoms with Gasteiger partial charge in [-0.3, -0.25) is 0 Å².